The number of hydrogen-bond acceptors (Lipinski definition) is 4. The van der Waals surface area contributed by atoms with Crippen LogP contribution in [0.5, 0.6) is 5.75 Å². The molecule has 5 aromatic rings. The molecule has 40 heavy (non-hydrogen) atoms. The number of thiophene rings is 1. The van der Waals surface area contributed by atoms with Crippen LogP contribution in [-0.4, -0.2) is 18.2 Å². The van der Waals surface area contributed by atoms with E-state index in [0.29, 0.717) is 5.75 Å². The van der Waals surface area contributed by atoms with Gasteiger partial charge in [-0.3, -0.25) is 0 Å². The zero-order chi connectivity index (χ0) is 28.1. The van der Waals surface area contributed by atoms with Crippen molar-refractivity contribution >= 4 is 38.3 Å². The van der Waals surface area contributed by atoms with Gasteiger partial charge in [0.2, 0.25) is 0 Å². The van der Waals surface area contributed by atoms with E-state index in [0.717, 1.165) is 22.1 Å². The van der Waals surface area contributed by atoms with Crippen LogP contribution in [0.3, 0.4) is 0 Å². The molecule has 0 amide bonds. The van der Waals surface area contributed by atoms with Crippen LogP contribution >= 0.6 is 11.3 Å². The standard InChI is InChI=1S/C35H31O3S2/c1-25-21-30(40(28-13-7-5-8-14-28)29-15-9-6-10-16-29)22-26(2)34(25)37-23-33(36)38-35(3,4)20-19-27-24-39-32-18-12-11-17-31(27)32/h5-18,21-22,24H,23H2,1-4H3/q+1. The second-order valence-corrected chi connectivity index (χ2v) is 12.9. The third-order valence-electron chi connectivity index (χ3n) is 6.31. The summed E-state index contributed by atoms with van der Waals surface area (Å²) in [5, 5.41) is 3.15. The van der Waals surface area contributed by atoms with Gasteiger partial charge in [0, 0.05) is 33.2 Å². The van der Waals surface area contributed by atoms with Crippen molar-refractivity contribution in [2.45, 2.75) is 48.0 Å². The number of aryl methyl sites for hydroxylation is 2. The molecule has 5 heteroatoms. The number of carbonyl (C=O) groups is 1. The number of carbonyl (C=O) groups excluding carboxylic acids is 1. The Hall–Kier alpha value is -3.98. The van der Waals surface area contributed by atoms with Crippen LogP contribution in [0.25, 0.3) is 10.1 Å². The van der Waals surface area contributed by atoms with Crippen LogP contribution < -0.4 is 4.74 Å². The van der Waals surface area contributed by atoms with Crippen LogP contribution in [0.2, 0.25) is 0 Å². The van der Waals surface area contributed by atoms with E-state index in [-0.39, 0.29) is 17.5 Å². The molecule has 3 nitrogen and oxygen atoms in total. The number of hydrogen-bond donors (Lipinski definition) is 0. The Morgan fingerprint density at radius 3 is 2.02 bits per heavy atom. The molecule has 0 N–H and O–H groups in total. The summed E-state index contributed by atoms with van der Waals surface area (Å²) in [5.74, 6) is 6.56. The molecule has 0 aliphatic heterocycles. The lowest BCUT2D eigenvalue weighted by molar-refractivity contribution is -0.154. The Kier molecular flexibility index (Phi) is 8.30. The van der Waals surface area contributed by atoms with Crippen LogP contribution in [0.15, 0.2) is 117 Å². The molecule has 0 radical (unpaired) electrons. The third-order valence-corrected chi connectivity index (χ3v) is 9.47. The Morgan fingerprint density at radius 2 is 1.40 bits per heavy atom. The van der Waals surface area contributed by atoms with Gasteiger partial charge in [0.25, 0.3) is 0 Å². The molecule has 5 rings (SSSR count). The smallest absolute Gasteiger partial charge is 0.345 e. The summed E-state index contributed by atoms with van der Waals surface area (Å²) in [6, 6.07) is 33.6. The van der Waals surface area contributed by atoms with Gasteiger partial charge in [0.1, 0.15) is 5.75 Å². The van der Waals surface area contributed by atoms with Gasteiger partial charge in [-0.25, -0.2) is 4.79 Å². The summed E-state index contributed by atoms with van der Waals surface area (Å²) in [6.07, 6.45) is 0. The minimum Gasteiger partial charge on any atom is -0.481 e. The zero-order valence-corrected chi connectivity index (χ0v) is 24.7. The van der Waals surface area contributed by atoms with Gasteiger partial charge < -0.3 is 9.47 Å². The first-order chi connectivity index (χ1) is 19.3. The van der Waals surface area contributed by atoms with Crippen molar-refractivity contribution < 1.29 is 14.3 Å². The number of esters is 1. The van der Waals surface area contributed by atoms with Gasteiger partial charge in [-0.05, 0) is 69.2 Å². The molecule has 0 fully saturated rings. The van der Waals surface area contributed by atoms with E-state index in [1.807, 2.05) is 43.5 Å². The summed E-state index contributed by atoms with van der Waals surface area (Å²) < 4.78 is 12.9. The zero-order valence-electron chi connectivity index (χ0n) is 23.1. The highest BCUT2D eigenvalue weighted by molar-refractivity contribution is 7.97. The van der Waals surface area contributed by atoms with E-state index in [1.165, 1.54) is 19.4 Å². The van der Waals surface area contributed by atoms with Crippen molar-refractivity contribution in [1.29, 1.82) is 0 Å². The average molecular weight is 564 g/mol. The molecule has 0 aliphatic rings. The lowest BCUT2D eigenvalue weighted by Crippen LogP contribution is -2.29. The Balaban J connectivity index is 1.30. The maximum atomic E-state index is 12.8. The minimum atomic E-state index is -0.947. The van der Waals surface area contributed by atoms with E-state index in [4.69, 9.17) is 9.47 Å². The SMILES string of the molecule is Cc1cc([S+](c2ccccc2)c2ccccc2)cc(C)c1OCC(=O)OC(C)(C)C#Cc1csc2ccccc12. The molecule has 0 atom stereocenters. The normalized spacial score (nSPS) is 11.2. The Bertz CT molecular complexity index is 1630. The molecule has 200 valence electrons. The molecule has 0 unspecified atom stereocenters. The monoisotopic (exact) mass is 563 g/mol. The van der Waals surface area contributed by atoms with E-state index in [1.54, 1.807) is 25.2 Å². The number of ether oxygens (including phenoxy) is 2. The first-order valence-corrected chi connectivity index (χ1v) is 15.2. The predicted octanol–water partition coefficient (Wildman–Crippen LogP) is 8.37. The topological polar surface area (TPSA) is 35.5 Å². The minimum absolute atomic E-state index is 0.184. The second kappa shape index (κ2) is 12.0. The maximum absolute atomic E-state index is 12.8. The van der Waals surface area contributed by atoms with Crippen LogP contribution in [0, 0.1) is 25.7 Å². The molecule has 1 heterocycles. The summed E-state index contributed by atoms with van der Waals surface area (Å²) in [5.41, 5.74) is 1.96. The largest absolute Gasteiger partial charge is 0.481 e. The fraction of sp³-hybridized carbons (Fsp3) is 0.171. The van der Waals surface area contributed by atoms with E-state index in [2.05, 4.69) is 84.6 Å². The van der Waals surface area contributed by atoms with Crippen LogP contribution in [-0.2, 0) is 20.4 Å². The van der Waals surface area contributed by atoms with Gasteiger partial charge in [-0.2, -0.15) is 0 Å². The quantitative estimate of drug-likeness (QED) is 0.113. The van der Waals surface area contributed by atoms with Gasteiger partial charge in [-0.1, -0.05) is 66.4 Å². The van der Waals surface area contributed by atoms with Gasteiger partial charge >= 0.3 is 5.97 Å². The molecule has 4 aromatic carbocycles. The fourth-order valence-corrected chi connectivity index (χ4v) is 7.70. The predicted molar refractivity (Wildman–Crippen MR) is 165 cm³/mol. The summed E-state index contributed by atoms with van der Waals surface area (Å²) in [4.78, 5) is 16.5. The Labute approximate surface area is 243 Å². The van der Waals surface area contributed by atoms with E-state index >= 15 is 0 Å². The van der Waals surface area contributed by atoms with Crippen LogP contribution in [0.1, 0.15) is 30.5 Å². The van der Waals surface area contributed by atoms with Crippen molar-refractivity contribution in [1.82, 2.24) is 0 Å². The van der Waals surface area contributed by atoms with Crippen LogP contribution in [0.4, 0.5) is 0 Å². The highest BCUT2D eigenvalue weighted by atomic mass is 32.2. The van der Waals surface area contributed by atoms with Crippen molar-refractivity contribution in [3.8, 4) is 17.6 Å². The first-order valence-electron chi connectivity index (χ1n) is 13.1. The van der Waals surface area contributed by atoms with Gasteiger partial charge in [0.15, 0.2) is 26.9 Å². The van der Waals surface area contributed by atoms with Crippen molar-refractivity contribution in [2.24, 2.45) is 0 Å². The highest BCUT2D eigenvalue weighted by Crippen LogP contribution is 2.35. The molecule has 1 aromatic heterocycles. The van der Waals surface area contributed by atoms with Crippen molar-refractivity contribution in [3.63, 3.8) is 0 Å². The highest BCUT2D eigenvalue weighted by Gasteiger charge is 2.30. The lowest BCUT2D eigenvalue weighted by Gasteiger charge is -2.19. The van der Waals surface area contributed by atoms with Crippen molar-refractivity contribution in [2.75, 3.05) is 6.61 Å². The number of fused-ring (bicyclic) bond motifs is 1. The molecular formula is C35H31O3S2+. The van der Waals surface area contributed by atoms with Gasteiger partial charge in [0.05, 0.1) is 10.9 Å². The first kappa shape index (κ1) is 27.6. The molecule has 0 bridgehead atoms. The average Bonchev–Trinajstić information content (AvgIpc) is 3.36. The molecule has 0 aliphatic carbocycles. The molecule has 0 saturated heterocycles. The van der Waals surface area contributed by atoms with E-state index < -0.39 is 11.6 Å². The third kappa shape index (κ3) is 6.42. The lowest BCUT2D eigenvalue weighted by atomic mass is 10.1. The Morgan fingerprint density at radius 1 is 0.825 bits per heavy atom. The van der Waals surface area contributed by atoms with Crippen molar-refractivity contribution in [3.05, 3.63) is 119 Å². The molecule has 0 saturated carbocycles. The summed E-state index contributed by atoms with van der Waals surface area (Å²) in [7, 11) is -0.256. The summed E-state index contributed by atoms with van der Waals surface area (Å²) in [6.45, 7) is 7.46. The van der Waals surface area contributed by atoms with E-state index in [9.17, 15) is 4.79 Å². The number of benzene rings is 4. The molecular weight excluding hydrogens is 533 g/mol. The van der Waals surface area contributed by atoms with Gasteiger partial charge in [-0.15, -0.1) is 11.3 Å². The number of rotatable bonds is 7. The maximum Gasteiger partial charge on any atom is 0.345 e. The summed E-state index contributed by atoms with van der Waals surface area (Å²) >= 11 is 1.66. The second-order valence-electron chi connectivity index (χ2n) is 9.99. The fourth-order valence-electron chi connectivity index (χ4n) is 4.54. The molecule has 0 spiro atoms.